The van der Waals surface area contributed by atoms with Gasteiger partial charge in [-0.15, -0.1) is 0 Å². The standard InChI is InChI=1S/C18H17ClN4O5/c1-18(2,3)28-17(27)21-8-4-5-10(19)11(6-8)23-12(24)7-9-13(14(23)20)16(26)22-15(9)25/h4-7H,20H2,1-3H3,(H,21,27)(H,22,25,26). The van der Waals surface area contributed by atoms with Gasteiger partial charge in [-0.2, -0.15) is 0 Å². The molecule has 28 heavy (non-hydrogen) atoms. The van der Waals surface area contributed by atoms with Gasteiger partial charge in [-0.25, -0.2) is 4.79 Å². The molecule has 0 unspecified atom stereocenters. The molecule has 0 saturated carbocycles. The predicted molar refractivity (Wildman–Crippen MR) is 103 cm³/mol. The number of fused-ring (bicyclic) bond motifs is 1. The van der Waals surface area contributed by atoms with Gasteiger partial charge in [0.25, 0.3) is 17.4 Å². The Balaban J connectivity index is 2.07. The number of nitrogen functional groups attached to an aromatic ring is 1. The third-order valence-corrected chi connectivity index (χ3v) is 4.11. The molecule has 10 heteroatoms. The van der Waals surface area contributed by atoms with Crippen molar-refractivity contribution in [2.45, 2.75) is 26.4 Å². The number of nitrogens with two attached hydrogens (primary N) is 1. The van der Waals surface area contributed by atoms with Crippen molar-refractivity contribution < 1.29 is 19.1 Å². The zero-order chi connectivity index (χ0) is 20.8. The van der Waals surface area contributed by atoms with Crippen LogP contribution in [0.25, 0.3) is 5.69 Å². The van der Waals surface area contributed by atoms with Gasteiger partial charge < -0.3 is 10.5 Å². The number of anilines is 2. The van der Waals surface area contributed by atoms with E-state index in [1.54, 1.807) is 20.8 Å². The first kappa shape index (κ1) is 19.4. The van der Waals surface area contributed by atoms with E-state index in [9.17, 15) is 19.2 Å². The molecule has 1 aliphatic rings. The SMILES string of the molecule is CC(C)(C)OC(=O)Nc1ccc(Cl)c(-n2c(N)c3c(cc2=O)C(=O)NC3=O)c1. The maximum Gasteiger partial charge on any atom is 0.412 e. The monoisotopic (exact) mass is 404 g/mol. The summed E-state index contributed by atoms with van der Waals surface area (Å²) >= 11 is 6.21. The van der Waals surface area contributed by atoms with E-state index < -0.39 is 29.1 Å². The molecule has 0 saturated heterocycles. The van der Waals surface area contributed by atoms with Gasteiger partial charge in [-0.05, 0) is 39.0 Å². The van der Waals surface area contributed by atoms with Crippen LogP contribution in [-0.2, 0) is 4.74 Å². The van der Waals surface area contributed by atoms with Crippen LogP contribution in [-0.4, -0.2) is 28.1 Å². The fraction of sp³-hybridized carbons (Fsp3) is 0.222. The second kappa shape index (κ2) is 6.68. The molecule has 1 aromatic heterocycles. The van der Waals surface area contributed by atoms with E-state index in [1.807, 2.05) is 0 Å². The van der Waals surface area contributed by atoms with Crippen LogP contribution >= 0.6 is 11.6 Å². The summed E-state index contributed by atoms with van der Waals surface area (Å²) in [5.41, 5.74) is 4.88. The average Bonchev–Trinajstić information content (AvgIpc) is 2.82. The zero-order valence-corrected chi connectivity index (χ0v) is 16.0. The lowest BCUT2D eigenvalue weighted by atomic mass is 10.1. The van der Waals surface area contributed by atoms with Crippen molar-refractivity contribution in [3.8, 4) is 5.69 Å². The molecule has 3 amide bonds. The Morgan fingerprint density at radius 1 is 1.18 bits per heavy atom. The Morgan fingerprint density at radius 3 is 2.50 bits per heavy atom. The number of nitrogens with one attached hydrogen (secondary N) is 2. The van der Waals surface area contributed by atoms with Crippen molar-refractivity contribution in [1.29, 1.82) is 0 Å². The molecular formula is C18H17ClN4O5. The minimum Gasteiger partial charge on any atom is -0.444 e. The number of pyridine rings is 1. The van der Waals surface area contributed by atoms with Crippen molar-refractivity contribution >= 4 is 41.0 Å². The van der Waals surface area contributed by atoms with E-state index in [1.165, 1.54) is 18.2 Å². The summed E-state index contributed by atoms with van der Waals surface area (Å²) in [6.45, 7) is 5.16. The molecule has 0 fully saturated rings. The molecular weight excluding hydrogens is 388 g/mol. The first-order valence-electron chi connectivity index (χ1n) is 8.19. The molecule has 146 valence electrons. The van der Waals surface area contributed by atoms with Gasteiger partial charge in [0.15, 0.2) is 0 Å². The molecule has 2 heterocycles. The quantitative estimate of drug-likeness (QED) is 0.658. The number of carbonyl (C=O) groups is 3. The van der Waals surface area contributed by atoms with Crippen molar-refractivity contribution in [3.05, 3.63) is 50.8 Å². The van der Waals surface area contributed by atoms with E-state index in [4.69, 9.17) is 22.1 Å². The number of halogens is 1. The van der Waals surface area contributed by atoms with Crippen LogP contribution < -0.4 is 21.9 Å². The lowest BCUT2D eigenvalue weighted by Gasteiger charge is -2.20. The Hall–Kier alpha value is -3.33. The Kier molecular flexibility index (Phi) is 4.64. The van der Waals surface area contributed by atoms with Crippen LogP contribution in [0.2, 0.25) is 5.02 Å². The topological polar surface area (TPSA) is 133 Å². The Labute approximate surface area is 164 Å². The maximum atomic E-state index is 12.5. The Bertz CT molecular complexity index is 1080. The van der Waals surface area contributed by atoms with E-state index in [0.717, 1.165) is 10.6 Å². The molecule has 4 N–H and O–H groups in total. The van der Waals surface area contributed by atoms with Gasteiger partial charge in [-0.3, -0.25) is 29.6 Å². The summed E-state index contributed by atoms with van der Waals surface area (Å²) in [5, 5.41) is 4.77. The number of benzene rings is 1. The largest absolute Gasteiger partial charge is 0.444 e. The first-order valence-corrected chi connectivity index (χ1v) is 8.57. The fourth-order valence-corrected chi connectivity index (χ4v) is 2.91. The van der Waals surface area contributed by atoms with E-state index >= 15 is 0 Å². The number of hydrogen-bond acceptors (Lipinski definition) is 6. The second-order valence-corrected chi connectivity index (χ2v) is 7.48. The minimum atomic E-state index is -0.703. The maximum absolute atomic E-state index is 12.5. The fourth-order valence-electron chi connectivity index (χ4n) is 2.71. The van der Waals surface area contributed by atoms with Crippen molar-refractivity contribution in [2.75, 3.05) is 11.1 Å². The smallest absolute Gasteiger partial charge is 0.412 e. The van der Waals surface area contributed by atoms with Gasteiger partial charge in [0.05, 0.1) is 21.8 Å². The summed E-state index contributed by atoms with van der Waals surface area (Å²) in [7, 11) is 0. The lowest BCUT2D eigenvalue weighted by Crippen LogP contribution is -2.27. The highest BCUT2D eigenvalue weighted by Gasteiger charge is 2.32. The molecule has 0 radical (unpaired) electrons. The van der Waals surface area contributed by atoms with Crippen LogP contribution in [0.5, 0.6) is 0 Å². The number of nitrogens with zero attached hydrogens (tertiary/aromatic N) is 1. The second-order valence-electron chi connectivity index (χ2n) is 7.07. The number of ether oxygens (including phenoxy) is 1. The average molecular weight is 405 g/mol. The minimum absolute atomic E-state index is 0.0945. The summed E-state index contributed by atoms with van der Waals surface area (Å²) in [6.07, 6.45) is -0.694. The summed E-state index contributed by atoms with van der Waals surface area (Å²) in [4.78, 5) is 48.3. The van der Waals surface area contributed by atoms with Gasteiger partial charge in [-0.1, -0.05) is 11.6 Å². The van der Waals surface area contributed by atoms with E-state index in [0.29, 0.717) is 5.69 Å². The highest BCUT2D eigenvalue weighted by Crippen LogP contribution is 2.28. The van der Waals surface area contributed by atoms with Crippen LogP contribution in [0.1, 0.15) is 41.5 Å². The van der Waals surface area contributed by atoms with Crippen LogP contribution in [0.15, 0.2) is 29.1 Å². The van der Waals surface area contributed by atoms with Crippen molar-refractivity contribution in [2.24, 2.45) is 0 Å². The van der Waals surface area contributed by atoms with Gasteiger partial charge in [0, 0.05) is 11.8 Å². The third-order valence-electron chi connectivity index (χ3n) is 3.79. The molecule has 1 aliphatic heterocycles. The summed E-state index contributed by atoms with van der Waals surface area (Å²) in [5.74, 6) is -1.63. The molecule has 9 nitrogen and oxygen atoms in total. The van der Waals surface area contributed by atoms with Crippen LogP contribution in [0.3, 0.4) is 0 Å². The van der Waals surface area contributed by atoms with E-state index in [-0.39, 0.29) is 27.7 Å². The highest BCUT2D eigenvalue weighted by molar-refractivity contribution is 6.32. The van der Waals surface area contributed by atoms with E-state index in [2.05, 4.69) is 10.6 Å². The molecule has 1 aromatic carbocycles. The molecule has 3 rings (SSSR count). The number of carbonyl (C=O) groups excluding carboxylic acids is 3. The molecule has 0 aliphatic carbocycles. The predicted octanol–water partition coefficient (Wildman–Crippen LogP) is 2.30. The number of amides is 3. The zero-order valence-electron chi connectivity index (χ0n) is 15.3. The normalized spacial score (nSPS) is 13.1. The lowest BCUT2D eigenvalue weighted by molar-refractivity contribution is 0.0635. The Morgan fingerprint density at radius 2 is 1.86 bits per heavy atom. The van der Waals surface area contributed by atoms with Crippen molar-refractivity contribution in [1.82, 2.24) is 9.88 Å². The summed E-state index contributed by atoms with van der Waals surface area (Å²) in [6, 6.07) is 5.38. The first-order chi connectivity index (χ1) is 13.0. The molecule has 0 atom stereocenters. The molecule has 0 bridgehead atoms. The number of hydrogen-bond donors (Lipinski definition) is 3. The highest BCUT2D eigenvalue weighted by atomic mass is 35.5. The van der Waals surface area contributed by atoms with Gasteiger partial charge >= 0.3 is 6.09 Å². The van der Waals surface area contributed by atoms with Crippen molar-refractivity contribution in [3.63, 3.8) is 0 Å². The van der Waals surface area contributed by atoms with Crippen LogP contribution in [0, 0.1) is 0 Å². The summed E-state index contributed by atoms with van der Waals surface area (Å²) < 4.78 is 6.18. The molecule has 2 aromatic rings. The number of rotatable bonds is 2. The van der Waals surface area contributed by atoms with Crippen LogP contribution in [0.4, 0.5) is 16.3 Å². The molecule has 0 spiro atoms. The number of aromatic nitrogens is 1. The van der Waals surface area contributed by atoms with Gasteiger partial charge in [0.1, 0.15) is 11.4 Å². The van der Waals surface area contributed by atoms with Gasteiger partial charge in [0.2, 0.25) is 0 Å². The number of imide groups is 1. The third kappa shape index (κ3) is 3.56.